The molecule has 3 aromatic rings. The number of aromatic carboxylic acids is 1. The first-order chi connectivity index (χ1) is 12.8. The van der Waals surface area contributed by atoms with Crippen LogP contribution >= 0.6 is 34.8 Å². The van der Waals surface area contributed by atoms with Crippen molar-refractivity contribution in [3.8, 4) is 17.3 Å². The summed E-state index contributed by atoms with van der Waals surface area (Å²) in [6.07, 6.45) is -3.15. The Morgan fingerprint density at radius 2 is 1.70 bits per heavy atom. The van der Waals surface area contributed by atoms with Gasteiger partial charge < -0.3 is 9.84 Å². The van der Waals surface area contributed by atoms with Crippen LogP contribution < -0.4 is 4.74 Å². The molecule has 0 aliphatic heterocycles. The molecule has 140 valence electrons. The standard InChI is InChI=1S/C17H9Cl3F2N2O3/c18-8-1-4-10(5-2-8)27-16-13(15(21)22)14(17(25)26)23-24(16)12-6-3-9(19)7-11(12)20/h1-7,15H,(H,25,26). The molecule has 0 aliphatic rings. The van der Waals surface area contributed by atoms with Crippen molar-refractivity contribution in [2.24, 2.45) is 0 Å². The number of ether oxygens (including phenoxy) is 1. The predicted octanol–water partition coefficient (Wildman–Crippen LogP) is 6.26. The van der Waals surface area contributed by atoms with Crippen molar-refractivity contribution in [2.75, 3.05) is 0 Å². The first kappa shape index (κ1) is 19.4. The van der Waals surface area contributed by atoms with Gasteiger partial charge in [-0.25, -0.2) is 13.6 Å². The molecule has 0 bridgehead atoms. The van der Waals surface area contributed by atoms with E-state index < -0.39 is 29.5 Å². The van der Waals surface area contributed by atoms with Crippen molar-refractivity contribution >= 4 is 40.8 Å². The van der Waals surface area contributed by atoms with E-state index in [9.17, 15) is 18.7 Å². The average molecular weight is 434 g/mol. The molecular weight excluding hydrogens is 425 g/mol. The quantitative estimate of drug-likeness (QED) is 0.516. The van der Waals surface area contributed by atoms with Crippen molar-refractivity contribution in [3.63, 3.8) is 0 Å². The van der Waals surface area contributed by atoms with E-state index in [1.54, 1.807) is 0 Å². The summed E-state index contributed by atoms with van der Waals surface area (Å²) in [7, 11) is 0. The van der Waals surface area contributed by atoms with Crippen LogP contribution in [-0.2, 0) is 0 Å². The van der Waals surface area contributed by atoms with Crippen LogP contribution in [0.1, 0.15) is 22.5 Å². The summed E-state index contributed by atoms with van der Waals surface area (Å²) in [5.41, 5.74) is -1.59. The van der Waals surface area contributed by atoms with Gasteiger partial charge in [0.15, 0.2) is 5.69 Å². The van der Waals surface area contributed by atoms with Crippen molar-refractivity contribution in [2.45, 2.75) is 6.43 Å². The van der Waals surface area contributed by atoms with Crippen LogP contribution in [0, 0.1) is 0 Å². The molecule has 0 unspecified atom stereocenters. The molecule has 0 atom stereocenters. The minimum absolute atomic E-state index is 0.0729. The number of alkyl halides is 2. The number of aromatic nitrogens is 2. The number of hydrogen-bond acceptors (Lipinski definition) is 3. The van der Waals surface area contributed by atoms with Crippen LogP contribution in [0.25, 0.3) is 5.69 Å². The lowest BCUT2D eigenvalue weighted by Crippen LogP contribution is -2.03. The predicted molar refractivity (Wildman–Crippen MR) is 97.0 cm³/mol. The molecular formula is C17H9Cl3F2N2O3. The number of halogens is 5. The highest BCUT2D eigenvalue weighted by molar-refractivity contribution is 6.35. The second-order valence-electron chi connectivity index (χ2n) is 5.24. The summed E-state index contributed by atoms with van der Waals surface area (Å²) in [5.74, 6) is -1.95. The largest absolute Gasteiger partial charge is 0.476 e. The lowest BCUT2D eigenvalue weighted by Gasteiger charge is -2.12. The van der Waals surface area contributed by atoms with E-state index in [0.29, 0.717) is 10.0 Å². The van der Waals surface area contributed by atoms with Crippen molar-refractivity contribution < 1.29 is 23.4 Å². The van der Waals surface area contributed by atoms with Gasteiger partial charge in [0, 0.05) is 10.0 Å². The van der Waals surface area contributed by atoms with Crippen LogP contribution in [0.3, 0.4) is 0 Å². The molecule has 3 rings (SSSR count). The molecule has 0 amide bonds. The van der Waals surface area contributed by atoms with Gasteiger partial charge in [-0.15, -0.1) is 0 Å². The first-order valence-corrected chi connectivity index (χ1v) is 8.44. The molecule has 0 saturated carbocycles. The Morgan fingerprint density at radius 3 is 2.26 bits per heavy atom. The van der Waals surface area contributed by atoms with E-state index in [0.717, 1.165) is 4.68 Å². The van der Waals surface area contributed by atoms with E-state index in [1.807, 2.05) is 0 Å². The Bertz CT molecular complexity index is 1010. The van der Waals surface area contributed by atoms with Crippen molar-refractivity contribution in [1.82, 2.24) is 9.78 Å². The second-order valence-corrected chi connectivity index (χ2v) is 6.52. The number of nitrogens with zero attached hydrogens (tertiary/aromatic N) is 2. The second kappa shape index (κ2) is 7.72. The van der Waals surface area contributed by atoms with Gasteiger partial charge in [0.25, 0.3) is 6.43 Å². The van der Waals surface area contributed by atoms with E-state index in [2.05, 4.69) is 5.10 Å². The maximum absolute atomic E-state index is 13.6. The molecule has 5 nitrogen and oxygen atoms in total. The molecule has 10 heteroatoms. The number of carboxylic acids is 1. The summed E-state index contributed by atoms with van der Waals surface area (Å²) >= 11 is 17.8. The fraction of sp³-hybridized carbons (Fsp3) is 0.0588. The topological polar surface area (TPSA) is 64.3 Å². The molecule has 0 aliphatic carbocycles. The highest BCUT2D eigenvalue weighted by atomic mass is 35.5. The molecule has 0 saturated heterocycles. The number of carboxylic acid groups (broad SMARTS) is 1. The van der Waals surface area contributed by atoms with Gasteiger partial charge in [0.2, 0.25) is 5.88 Å². The van der Waals surface area contributed by atoms with Crippen LogP contribution in [-0.4, -0.2) is 20.9 Å². The monoisotopic (exact) mass is 432 g/mol. The minimum atomic E-state index is -3.15. The Morgan fingerprint density at radius 1 is 1.07 bits per heavy atom. The summed E-state index contributed by atoms with van der Waals surface area (Å²) in [6, 6.07) is 10.1. The third-order valence-electron chi connectivity index (χ3n) is 3.46. The van der Waals surface area contributed by atoms with Gasteiger partial charge >= 0.3 is 5.97 Å². The van der Waals surface area contributed by atoms with Gasteiger partial charge in [0.1, 0.15) is 11.3 Å². The van der Waals surface area contributed by atoms with Gasteiger partial charge in [-0.05, 0) is 42.5 Å². The minimum Gasteiger partial charge on any atom is -0.476 e. The molecule has 1 heterocycles. The molecule has 1 aromatic heterocycles. The summed E-state index contributed by atoms with van der Waals surface area (Å²) in [4.78, 5) is 11.4. The Balaban J connectivity index is 2.23. The molecule has 0 radical (unpaired) electrons. The summed E-state index contributed by atoms with van der Waals surface area (Å²) in [5, 5.41) is 13.8. The van der Waals surface area contributed by atoms with E-state index in [1.165, 1.54) is 42.5 Å². The maximum atomic E-state index is 13.6. The average Bonchev–Trinajstić information content (AvgIpc) is 2.96. The fourth-order valence-electron chi connectivity index (χ4n) is 2.30. The van der Waals surface area contributed by atoms with Crippen LogP contribution in [0.4, 0.5) is 8.78 Å². The lowest BCUT2D eigenvalue weighted by atomic mass is 10.2. The van der Waals surface area contributed by atoms with Crippen LogP contribution in [0.2, 0.25) is 15.1 Å². The van der Waals surface area contributed by atoms with E-state index in [-0.39, 0.29) is 16.5 Å². The highest BCUT2D eigenvalue weighted by Crippen LogP contribution is 2.39. The zero-order chi connectivity index (χ0) is 19.7. The number of benzene rings is 2. The zero-order valence-corrected chi connectivity index (χ0v) is 15.4. The molecule has 0 spiro atoms. The third kappa shape index (κ3) is 4.00. The van der Waals surface area contributed by atoms with Crippen molar-refractivity contribution in [1.29, 1.82) is 0 Å². The van der Waals surface area contributed by atoms with Crippen LogP contribution in [0.5, 0.6) is 11.6 Å². The number of carbonyl (C=O) groups is 1. The smallest absolute Gasteiger partial charge is 0.357 e. The van der Waals surface area contributed by atoms with Gasteiger partial charge in [0.05, 0.1) is 10.7 Å². The number of hydrogen-bond donors (Lipinski definition) is 1. The van der Waals surface area contributed by atoms with Gasteiger partial charge in [-0.2, -0.15) is 9.78 Å². The normalized spacial score (nSPS) is 11.0. The summed E-state index contributed by atoms with van der Waals surface area (Å²) in [6.45, 7) is 0. The van der Waals surface area contributed by atoms with Crippen molar-refractivity contribution in [3.05, 3.63) is 68.8 Å². The Labute approximate surface area is 166 Å². The maximum Gasteiger partial charge on any atom is 0.357 e. The van der Waals surface area contributed by atoms with Gasteiger partial charge in [-0.1, -0.05) is 34.8 Å². The first-order valence-electron chi connectivity index (χ1n) is 7.31. The van der Waals surface area contributed by atoms with E-state index >= 15 is 0 Å². The Hall–Kier alpha value is -2.35. The molecule has 27 heavy (non-hydrogen) atoms. The van der Waals surface area contributed by atoms with Crippen LogP contribution in [0.15, 0.2) is 42.5 Å². The molecule has 2 aromatic carbocycles. The fourth-order valence-corrected chi connectivity index (χ4v) is 2.91. The van der Waals surface area contributed by atoms with Gasteiger partial charge in [-0.3, -0.25) is 0 Å². The van der Waals surface area contributed by atoms with E-state index in [4.69, 9.17) is 39.5 Å². The lowest BCUT2D eigenvalue weighted by molar-refractivity contribution is 0.0677. The number of rotatable bonds is 5. The summed E-state index contributed by atoms with van der Waals surface area (Å²) < 4.78 is 33.7. The Kier molecular flexibility index (Phi) is 5.55. The highest BCUT2D eigenvalue weighted by Gasteiger charge is 2.32. The SMILES string of the molecule is O=C(O)c1nn(-c2ccc(Cl)cc2Cl)c(Oc2ccc(Cl)cc2)c1C(F)F. The zero-order valence-electron chi connectivity index (χ0n) is 13.2. The third-order valence-corrected chi connectivity index (χ3v) is 4.25. The molecule has 0 fully saturated rings. The molecule has 1 N–H and O–H groups in total.